The van der Waals surface area contributed by atoms with Gasteiger partial charge in [0.1, 0.15) is 5.75 Å². The molecule has 2 N–H and O–H groups in total. The first-order chi connectivity index (χ1) is 9.82. The van der Waals surface area contributed by atoms with Gasteiger partial charge in [0, 0.05) is 11.8 Å². The number of hydrogen-bond acceptors (Lipinski definition) is 4. The Balaban J connectivity index is 2.47. The van der Waals surface area contributed by atoms with E-state index in [4.69, 9.17) is 10.5 Å². The van der Waals surface area contributed by atoms with Crippen molar-refractivity contribution in [3.63, 3.8) is 0 Å². The van der Waals surface area contributed by atoms with E-state index >= 15 is 0 Å². The van der Waals surface area contributed by atoms with Crippen LogP contribution in [0.4, 0.5) is 10.5 Å². The van der Waals surface area contributed by atoms with Crippen molar-refractivity contribution in [1.29, 1.82) is 0 Å². The van der Waals surface area contributed by atoms with Gasteiger partial charge in [-0.1, -0.05) is 33.6 Å². The number of methoxy groups -OCH3 is 1. The summed E-state index contributed by atoms with van der Waals surface area (Å²) < 4.78 is 9.92. The van der Waals surface area contributed by atoms with Crippen molar-refractivity contribution >= 4 is 11.8 Å². The predicted octanol–water partition coefficient (Wildman–Crippen LogP) is 4.37. The minimum Gasteiger partial charge on any atom is -0.437 e. The number of rotatable bonds is 2. The fraction of sp³-hybridized carbons (Fsp3) is 0.588. The van der Waals surface area contributed by atoms with Gasteiger partial charge in [-0.25, -0.2) is 4.79 Å². The van der Waals surface area contributed by atoms with Gasteiger partial charge in [0.2, 0.25) is 0 Å². The zero-order valence-corrected chi connectivity index (χ0v) is 13.4. The Morgan fingerprint density at radius 3 is 2.38 bits per heavy atom. The topological polar surface area (TPSA) is 61.5 Å². The van der Waals surface area contributed by atoms with Crippen molar-refractivity contribution in [2.45, 2.75) is 57.8 Å². The zero-order valence-electron chi connectivity index (χ0n) is 13.4. The van der Waals surface area contributed by atoms with Crippen molar-refractivity contribution in [3.8, 4) is 5.75 Å². The summed E-state index contributed by atoms with van der Waals surface area (Å²) in [6.07, 6.45) is 4.00. The van der Waals surface area contributed by atoms with Crippen molar-refractivity contribution in [2.24, 2.45) is 0 Å². The molecule has 1 aromatic rings. The van der Waals surface area contributed by atoms with Crippen LogP contribution in [0.5, 0.6) is 5.75 Å². The molecule has 0 amide bonds. The lowest BCUT2D eigenvalue weighted by molar-refractivity contribution is 0.121. The quantitative estimate of drug-likeness (QED) is 0.499. The highest BCUT2D eigenvalue weighted by Gasteiger charge is 2.26. The molecule has 0 radical (unpaired) electrons. The molecule has 1 aromatic carbocycles. The largest absolute Gasteiger partial charge is 0.513 e. The summed E-state index contributed by atoms with van der Waals surface area (Å²) in [5, 5.41) is 0. The lowest BCUT2D eigenvalue weighted by Crippen LogP contribution is -2.17. The van der Waals surface area contributed by atoms with E-state index in [0.29, 0.717) is 17.4 Å². The van der Waals surface area contributed by atoms with Crippen LogP contribution in [0.2, 0.25) is 0 Å². The first-order valence-electron chi connectivity index (χ1n) is 7.52. The Bertz CT molecular complexity index is 526. The first-order valence-corrected chi connectivity index (χ1v) is 7.52. The highest BCUT2D eigenvalue weighted by Crippen LogP contribution is 2.42. The van der Waals surface area contributed by atoms with E-state index in [9.17, 15) is 4.79 Å². The smallest absolute Gasteiger partial charge is 0.437 e. The summed E-state index contributed by atoms with van der Waals surface area (Å²) in [6, 6.07) is 3.88. The number of anilines is 1. The molecule has 116 valence electrons. The molecule has 0 heterocycles. The summed E-state index contributed by atoms with van der Waals surface area (Å²) in [5.41, 5.74) is 8.95. The standard InChI is InChI=1S/C17H25NO3/c1-17(2,3)13-9-12(11-7-5-6-8-11)15(10-14(13)18)21-16(19)20-4/h9-11H,5-8,18H2,1-4H3. The lowest BCUT2D eigenvalue weighted by Gasteiger charge is -2.25. The molecule has 4 nitrogen and oxygen atoms in total. The second-order valence-electron chi connectivity index (χ2n) is 6.76. The van der Waals surface area contributed by atoms with Gasteiger partial charge in [-0.3, -0.25) is 0 Å². The molecule has 0 unspecified atom stereocenters. The molecule has 0 saturated heterocycles. The van der Waals surface area contributed by atoms with Crippen molar-refractivity contribution < 1.29 is 14.3 Å². The van der Waals surface area contributed by atoms with Crippen LogP contribution >= 0.6 is 0 Å². The Labute approximate surface area is 126 Å². The average molecular weight is 291 g/mol. The second kappa shape index (κ2) is 5.96. The van der Waals surface area contributed by atoms with E-state index in [2.05, 4.69) is 31.6 Å². The molecule has 1 aliphatic carbocycles. The van der Waals surface area contributed by atoms with Crippen LogP contribution in [0, 0.1) is 0 Å². The van der Waals surface area contributed by atoms with E-state index < -0.39 is 6.16 Å². The predicted molar refractivity (Wildman–Crippen MR) is 83.8 cm³/mol. The summed E-state index contributed by atoms with van der Waals surface area (Å²) in [7, 11) is 1.31. The molecule has 1 aliphatic rings. The number of carbonyl (C=O) groups excluding carboxylic acids is 1. The number of nitrogens with two attached hydrogens (primary N) is 1. The van der Waals surface area contributed by atoms with E-state index in [0.717, 1.165) is 24.0 Å². The van der Waals surface area contributed by atoms with Gasteiger partial charge in [0.05, 0.1) is 7.11 Å². The van der Waals surface area contributed by atoms with Gasteiger partial charge in [0.15, 0.2) is 0 Å². The molecule has 0 spiro atoms. The molecule has 4 heteroatoms. The van der Waals surface area contributed by atoms with Crippen LogP contribution in [-0.4, -0.2) is 13.3 Å². The van der Waals surface area contributed by atoms with E-state index in [1.807, 2.05) is 0 Å². The van der Waals surface area contributed by atoms with Crippen LogP contribution in [0.3, 0.4) is 0 Å². The number of carbonyl (C=O) groups is 1. The maximum atomic E-state index is 11.5. The Morgan fingerprint density at radius 1 is 1.24 bits per heavy atom. The fourth-order valence-corrected chi connectivity index (χ4v) is 3.04. The summed E-state index contributed by atoms with van der Waals surface area (Å²) in [6.45, 7) is 6.41. The third-order valence-electron chi connectivity index (χ3n) is 4.14. The minimum atomic E-state index is -0.697. The van der Waals surface area contributed by atoms with Crippen molar-refractivity contribution in [1.82, 2.24) is 0 Å². The normalized spacial score (nSPS) is 16.0. The average Bonchev–Trinajstić information content (AvgIpc) is 2.91. The number of ether oxygens (including phenoxy) is 2. The summed E-state index contributed by atoms with van der Waals surface area (Å²) in [5.74, 6) is 0.977. The lowest BCUT2D eigenvalue weighted by atomic mass is 9.82. The number of hydrogen-bond donors (Lipinski definition) is 1. The van der Waals surface area contributed by atoms with Gasteiger partial charge in [-0.2, -0.15) is 0 Å². The van der Waals surface area contributed by atoms with Crippen LogP contribution in [0.15, 0.2) is 12.1 Å². The molecule has 1 saturated carbocycles. The minimum absolute atomic E-state index is 0.0404. The summed E-state index contributed by atoms with van der Waals surface area (Å²) >= 11 is 0. The molecule has 0 atom stereocenters. The van der Waals surface area contributed by atoms with Crippen LogP contribution in [0.25, 0.3) is 0 Å². The number of benzene rings is 1. The molecule has 1 fully saturated rings. The highest BCUT2D eigenvalue weighted by molar-refractivity contribution is 5.67. The monoisotopic (exact) mass is 291 g/mol. The Morgan fingerprint density at radius 2 is 1.86 bits per heavy atom. The maximum Gasteiger partial charge on any atom is 0.513 e. The van der Waals surface area contributed by atoms with Crippen LogP contribution < -0.4 is 10.5 Å². The van der Waals surface area contributed by atoms with Gasteiger partial charge in [-0.15, -0.1) is 0 Å². The first kappa shape index (κ1) is 15.7. The van der Waals surface area contributed by atoms with Gasteiger partial charge < -0.3 is 15.2 Å². The van der Waals surface area contributed by atoms with Gasteiger partial charge in [-0.05, 0) is 41.4 Å². The van der Waals surface area contributed by atoms with E-state index in [1.165, 1.54) is 20.0 Å². The Kier molecular flexibility index (Phi) is 4.45. The van der Waals surface area contributed by atoms with Crippen LogP contribution in [-0.2, 0) is 10.2 Å². The van der Waals surface area contributed by atoms with Gasteiger partial charge >= 0.3 is 6.16 Å². The van der Waals surface area contributed by atoms with E-state index in [-0.39, 0.29) is 5.41 Å². The molecule has 2 rings (SSSR count). The SMILES string of the molecule is COC(=O)Oc1cc(N)c(C(C)(C)C)cc1C1CCCC1. The third-order valence-corrected chi connectivity index (χ3v) is 4.14. The molecule has 0 bridgehead atoms. The second-order valence-corrected chi connectivity index (χ2v) is 6.76. The maximum absolute atomic E-state index is 11.5. The van der Waals surface area contributed by atoms with E-state index in [1.54, 1.807) is 6.07 Å². The fourth-order valence-electron chi connectivity index (χ4n) is 3.04. The van der Waals surface area contributed by atoms with Crippen molar-refractivity contribution in [3.05, 3.63) is 23.3 Å². The van der Waals surface area contributed by atoms with Gasteiger partial charge in [0.25, 0.3) is 0 Å². The summed E-state index contributed by atoms with van der Waals surface area (Å²) in [4.78, 5) is 11.5. The zero-order chi connectivity index (χ0) is 15.6. The Hall–Kier alpha value is -1.71. The molecule has 21 heavy (non-hydrogen) atoms. The molecular formula is C17H25NO3. The van der Waals surface area contributed by atoms with Crippen LogP contribution in [0.1, 0.15) is 63.5 Å². The highest BCUT2D eigenvalue weighted by atomic mass is 16.7. The molecule has 0 aromatic heterocycles. The molecule has 0 aliphatic heterocycles. The molecular weight excluding hydrogens is 266 g/mol. The number of nitrogen functional groups attached to an aromatic ring is 1. The van der Waals surface area contributed by atoms with Crippen molar-refractivity contribution in [2.75, 3.05) is 12.8 Å². The third kappa shape index (κ3) is 3.49.